The number of ether oxygens (including phenoxy) is 1. The fourth-order valence-corrected chi connectivity index (χ4v) is 3.11. The van der Waals surface area contributed by atoms with Gasteiger partial charge in [0.2, 0.25) is 0 Å². The van der Waals surface area contributed by atoms with Crippen LogP contribution >= 0.6 is 0 Å². The van der Waals surface area contributed by atoms with Crippen LogP contribution < -0.4 is 0 Å². The van der Waals surface area contributed by atoms with Gasteiger partial charge in [-0.05, 0) is 32.1 Å². The molecule has 2 bridgehead atoms. The average molecular weight is 254 g/mol. The van der Waals surface area contributed by atoms with Crippen molar-refractivity contribution in [2.75, 3.05) is 6.61 Å². The summed E-state index contributed by atoms with van der Waals surface area (Å²) in [4.78, 5) is 10.3. The second kappa shape index (κ2) is 6.34. The van der Waals surface area contributed by atoms with Crippen LogP contribution in [0.25, 0.3) is 0 Å². The lowest BCUT2D eigenvalue weighted by Crippen LogP contribution is -2.28. The van der Waals surface area contributed by atoms with Crippen LogP contribution in [-0.4, -0.2) is 35.0 Å². The molecule has 0 aromatic rings. The number of aliphatic hydroxyl groups excluding tert-OH is 1. The van der Waals surface area contributed by atoms with Gasteiger partial charge in [-0.1, -0.05) is 12.2 Å². The number of carbonyl (C=O) groups is 1. The van der Waals surface area contributed by atoms with Crippen molar-refractivity contribution >= 4 is 5.97 Å². The van der Waals surface area contributed by atoms with Gasteiger partial charge in [-0.3, -0.25) is 4.79 Å². The largest absolute Gasteiger partial charge is 0.481 e. The zero-order chi connectivity index (χ0) is 13.0. The quantitative estimate of drug-likeness (QED) is 0.538. The smallest absolute Gasteiger partial charge is 0.303 e. The molecule has 0 aromatic heterocycles. The lowest BCUT2D eigenvalue weighted by Gasteiger charge is -2.23. The molecule has 0 aromatic carbocycles. The maximum atomic E-state index is 10.3. The third-order valence-corrected chi connectivity index (χ3v) is 4.07. The van der Waals surface area contributed by atoms with Crippen molar-refractivity contribution in [2.45, 2.75) is 50.7 Å². The highest BCUT2D eigenvalue weighted by Crippen LogP contribution is 2.43. The van der Waals surface area contributed by atoms with E-state index in [1.165, 1.54) is 0 Å². The molecule has 2 heterocycles. The van der Waals surface area contributed by atoms with Crippen LogP contribution in [0, 0.1) is 11.8 Å². The SMILES string of the molecule is O=C(O)CCCC/C=C\[C@@H]1[C@H](CO)[C@@H]2CC[C@H]1O2. The summed E-state index contributed by atoms with van der Waals surface area (Å²) in [6.45, 7) is 0.204. The van der Waals surface area contributed by atoms with Gasteiger partial charge >= 0.3 is 5.97 Å². The number of fused-ring (bicyclic) bond motifs is 2. The molecule has 0 spiro atoms. The number of rotatable bonds is 7. The minimum absolute atomic E-state index is 0.204. The minimum Gasteiger partial charge on any atom is -0.481 e. The molecule has 2 fully saturated rings. The molecular weight excluding hydrogens is 232 g/mol. The molecule has 0 amide bonds. The Hall–Kier alpha value is -0.870. The maximum Gasteiger partial charge on any atom is 0.303 e. The summed E-state index contributed by atoms with van der Waals surface area (Å²) in [5.41, 5.74) is 0. The number of unbranched alkanes of at least 4 members (excludes halogenated alkanes) is 2. The number of aliphatic carboxylic acids is 1. The molecule has 2 aliphatic heterocycles. The van der Waals surface area contributed by atoms with Crippen molar-refractivity contribution in [1.29, 1.82) is 0 Å². The predicted molar refractivity (Wildman–Crippen MR) is 67.2 cm³/mol. The Labute approximate surface area is 108 Å². The van der Waals surface area contributed by atoms with Gasteiger partial charge in [-0.15, -0.1) is 0 Å². The van der Waals surface area contributed by atoms with E-state index in [1.54, 1.807) is 0 Å². The molecule has 2 aliphatic rings. The van der Waals surface area contributed by atoms with Crippen LogP contribution in [0.1, 0.15) is 38.5 Å². The lowest BCUT2D eigenvalue weighted by molar-refractivity contribution is -0.137. The number of aliphatic hydroxyl groups is 1. The lowest BCUT2D eigenvalue weighted by atomic mass is 9.79. The minimum atomic E-state index is -0.721. The summed E-state index contributed by atoms with van der Waals surface area (Å²) < 4.78 is 5.81. The molecule has 18 heavy (non-hydrogen) atoms. The first-order valence-corrected chi connectivity index (χ1v) is 6.87. The van der Waals surface area contributed by atoms with Crippen molar-refractivity contribution < 1.29 is 19.7 Å². The molecular formula is C14H22O4. The number of allylic oxidation sites excluding steroid dienone is 1. The molecule has 0 aliphatic carbocycles. The van der Waals surface area contributed by atoms with Crippen molar-refractivity contribution in [1.82, 2.24) is 0 Å². The van der Waals surface area contributed by atoms with Crippen molar-refractivity contribution in [2.24, 2.45) is 11.8 Å². The van der Waals surface area contributed by atoms with Gasteiger partial charge in [-0.2, -0.15) is 0 Å². The van der Waals surface area contributed by atoms with E-state index in [4.69, 9.17) is 9.84 Å². The first kappa shape index (κ1) is 13.6. The summed E-state index contributed by atoms with van der Waals surface area (Å²) in [6.07, 6.45) is 9.84. The number of carboxylic acids is 1. The highest BCUT2D eigenvalue weighted by atomic mass is 16.5. The van der Waals surface area contributed by atoms with Crippen LogP contribution in [-0.2, 0) is 9.53 Å². The van der Waals surface area contributed by atoms with E-state index >= 15 is 0 Å². The molecule has 4 heteroatoms. The normalized spacial score (nSPS) is 34.5. The Bertz CT molecular complexity index is 313. The topological polar surface area (TPSA) is 66.8 Å². The molecule has 0 unspecified atom stereocenters. The fourth-order valence-electron chi connectivity index (χ4n) is 3.11. The molecule has 0 saturated carbocycles. The van der Waals surface area contributed by atoms with Crippen LogP contribution in [0.5, 0.6) is 0 Å². The van der Waals surface area contributed by atoms with E-state index in [-0.39, 0.29) is 25.0 Å². The van der Waals surface area contributed by atoms with Gasteiger partial charge in [0.05, 0.1) is 12.2 Å². The Morgan fingerprint density at radius 3 is 2.78 bits per heavy atom. The summed E-state index contributed by atoms with van der Waals surface area (Å²) in [7, 11) is 0. The monoisotopic (exact) mass is 254 g/mol. The second-order valence-electron chi connectivity index (χ2n) is 5.28. The predicted octanol–water partition coefficient (Wildman–Crippen LogP) is 1.97. The first-order chi connectivity index (χ1) is 8.72. The Morgan fingerprint density at radius 2 is 2.06 bits per heavy atom. The Kier molecular flexibility index (Phi) is 4.78. The van der Waals surface area contributed by atoms with Crippen molar-refractivity contribution in [3.8, 4) is 0 Å². The highest BCUT2D eigenvalue weighted by Gasteiger charge is 2.47. The van der Waals surface area contributed by atoms with Gasteiger partial charge in [0, 0.05) is 24.9 Å². The van der Waals surface area contributed by atoms with Gasteiger partial charge in [0.25, 0.3) is 0 Å². The van der Waals surface area contributed by atoms with Crippen molar-refractivity contribution in [3.05, 3.63) is 12.2 Å². The van der Waals surface area contributed by atoms with Crippen molar-refractivity contribution in [3.63, 3.8) is 0 Å². The van der Waals surface area contributed by atoms with E-state index < -0.39 is 5.97 Å². The first-order valence-electron chi connectivity index (χ1n) is 6.87. The van der Waals surface area contributed by atoms with Gasteiger partial charge in [-0.25, -0.2) is 0 Å². The zero-order valence-corrected chi connectivity index (χ0v) is 10.6. The molecule has 102 valence electrons. The molecule has 2 N–H and O–H groups in total. The summed E-state index contributed by atoms with van der Waals surface area (Å²) >= 11 is 0. The van der Waals surface area contributed by atoms with Crippen LogP contribution in [0.15, 0.2) is 12.2 Å². The Balaban J connectivity index is 1.70. The van der Waals surface area contributed by atoms with E-state index in [1.807, 2.05) is 0 Å². The van der Waals surface area contributed by atoms with E-state index in [0.717, 1.165) is 32.1 Å². The van der Waals surface area contributed by atoms with Crippen LogP contribution in [0.3, 0.4) is 0 Å². The third kappa shape index (κ3) is 3.12. The molecule has 0 radical (unpaired) electrons. The van der Waals surface area contributed by atoms with Gasteiger partial charge in [0.15, 0.2) is 0 Å². The Morgan fingerprint density at radius 1 is 1.28 bits per heavy atom. The van der Waals surface area contributed by atoms with Crippen LogP contribution in [0.2, 0.25) is 0 Å². The van der Waals surface area contributed by atoms with E-state index in [9.17, 15) is 9.90 Å². The standard InChI is InChI=1S/C14H22O4/c15-9-11-10(12-7-8-13(11)18-12)5-3-1-2-4-6-14(16)17/h3,5,10-13,15H,1-2,4,6-9H2,(H,16,17)/b5-3-/t10-,11+,12-,13+/m1/s1. The second-order valence-corrected chi connectivity index (χ2v) is 5.28. The summed E-state index contributed by atoms with van der Waals surface area (Å²) in [5.74, 6) is -0.104. The number of hydrogen-bond donors (Lipinski definition) is 2. The molecule has 4 atom stereocenters. The average Bonchev–Trinajstić information content (AvgIpc) is 2.93. The molecule has 2 rings (SSSR count). The van der Waals surface area contributed by atoms with Crippen LogP contribution in [0.4, 0.5) is 0 Å². The summed E-state index contributed by atoms with van der Waals surface area (Å²) in [5, 5.41) is 17.9. The number of carboxylic acid groups (broad SMARTS) is 1. The zero-order valence-electron chi connectivity index (χ0n) is 10.6. The maximum absolute atomic E-state index is 10.3. The number of hydrogen-bond acceptors (Lipinski definition) is 3. The molecule has 2 saturated heterocycles. The van der Waals surface area contributed by atoms with E-state index in [0.29, 0.717) is 12.0 Å². The van der Waals surface area contributed by atoms with E-state index in [2.05, 4.69) is 12.2 Å². The summed E-state index contributed by atoms with van der Waals surface area (Å²) in [6, 6.07) is 0. The fraction of sp³-hybridized carbons (Fsp3) is 0.786. The highest BCUT2D eigenvalue weighted by molar-refractivity contribution is 5.66. The third-order valence-electron chi connectivity index (χ3n) is 4.07. The van der Waals surface area contributed by atoms with Gasteiger partial charge < -0.3 is 14.9 Å². The molecule has 4 nitrogen and oxygen atoms in total. The van der Waals surface area contributed by atoms with Gasteiger partial charge in [0.1, 0.15) is 0 Å².